The second-order valence-electron chi connectivity index (χ2n) is 8.71. The molecule has 9 heteroatoms. The number of anilines is 1. The second-order valence-corrected chi connectivity index (χ2v) is 9.12. The van der Waals surface area contributed by atoms with Crippen molar-refractivity contribution in [3.8, 4) is 5.69 Å². The standard InChI is InChI=1S/C25H22ClFN6O/c26-20-6-1-2-7-21(20)33-24-19(15-28-33)23(29-22(30-24)16-8-9-16)31-10-12-32(13-11-31)25(34)17-4-3-5-18(27)14-17/h1-7,14-16H,8-13H2. The largest absolute Gasteiger partial charge is 0.352 e. The third kappa shape index (κ3) is 3.77. The fraction of sp³-hybridized carbons (Fsp3) is 0.280. The van der Waals surface area contributed by atoms with E-state index in [0.29, 0.717) is 42.7 Å². The van der Waals surface area contributed by atoms with Crippen molar-refractivity contribution in [2.45, 2.75) is 18.8 Å². The first kappa shape index (κ1) is 21.0. The zero-order chi connectivity index (χ0) is 23.2. The van der Waals surface area contributed by atoms with Gasteiger partial charge >= 0.3 is 0 Å². The number of hydrogen-bond acceptors (Lipinski definition) is 5. The van der Waals surface area contributed by atoms with Gasteiger partial charge in [0.25, 0.3) is 5.91 Å². The SMILES string of the molecule is O=C(c1cccc(F)c1)N1CCN(c2nc(C3CC3)nc3c2cnn3-c2ccccc2Cl)CC1. The van der Waals surface area contributed by atoms with Gasteiger partial charge in [0.2, 0.25) is 0 Å². The highest BCUT2D eigenvalue weighted by Gasteiger charge is 2.31. The fourth-order valence-electron chi connectivity index (χ4n) is 4.40. The zero-order valence-electron chi connectivity index (χ0n) is 18.4. The smallest absolute Gasteiger partial charge is 0.254 e. The summed E-state index contributed by atoms with van der Waals surface area (Å²) in [5, 5.41) is 6.05. The molecule has 1 saturated heterocycles. The lowest BCUT2D eigenvalue weighted by atomic mass is 10.1. The van der Waals surface area contributed by atoms with Crippen LogP contribution < -0.4 is 4.90 Å². The molecule has 2 aliphatic rings. The molecule has 1 aliphatic heterocycles. The van der Waals surface area contributed by atoms with Crippen LogP contribution in [0.3, 0.4) is 0 Å². The number of piperazine rings is 1. The molecule has 2 aromatic heterocycles. The van der Waals surface area contributed by atoms with E-state index in [1.54, 1.807) is 27.9 Å². The van der Waals surface area contributed by atoms with Gasteiger partial charge in [0.05, 0.1) is 22.3 Å². The Morgan fingerprint density at radius 2 is 1.79 bits per heavy atom. The number of amides is 1. The van der Waals surface area contributed by atoms with Crippen LogP contribution in [0.15, 0.2) is 54.7 Å². The van der Waals surface area contributed by atoms with Crippen LogP contribution in [0.1, 0.15) is 34.9 Å². The number of rotatable bonds is 4. The minimum absolute atomic E-state index is 0.155. The van der Waals surface area contributed by atoms with E-state index >= 15 is 0 Å². The van der Waals surface area contributed by atoms with E-state index in [9.17, 15) is 9.18 Å². The number of aromatic nitrogens is 4. The van der Waals surface area contributed by atoms with Crippen molar-refractivity contribution >= 4 is 34.4 Å². The van der Waals surface area contributed by atoms with Crippen molar-refractivity contribution in [3.05, 3.63) is 77.0 Å². The van der Waals surface area contributed by atoms with Crippen molar-refractivity contribution in [3.63, 3.8) is 0 Å². The molecule has 0 radical (unpaired) electrons. The Morgan fingerprint density at radius 3 is 2.53 bits per heavy atom. The van der Waals surface area contributed by atoms with Crippen LogP contribution in [0.4, 0.5) is 10.2 Å². The van der Waals surface area contributed by atoms with Gasteiger partial charge in [-0.2, -0.15) is 5.10 Å². The number of para-hydroxylation sites is 1. The molecule has 4 aromatic rings. The topological polar surface area (TPSA) is 67.2 Å². The van der Waals surface area contributed by atoms with Crippen molar-refractivity contribution in [1.82, 2.24) is 24.6 Å². The summed E-state index contributed by atoms with van der Waals surface area (Å²) in [7, 11) is 0. The van der Waals surface area contributed by atoms with E-state index in [2.05, 4.69) is 10.00 Å². The van der Waals surface area contributed by atoms with Gasteiger partial charge in [-0.25, -0.2) is 19.0 Å². The Kier molecular flexibility index (Phi) is 5.17. The van der Waals surface area contributed by atoms with Crippen LogP contribution in [0.5, 0.6) is 0 Å². The Morgan fingerprint density at radius 1 is 1.00 bits per heavy atom. The zero-order valence-corrected chi connectivity index (χ0v) is 19.1. The summed E-state index contributed by atoms with van der Waals surface area (Å²) in [6.07, 6.45) is 3.96. The highest BCUT2D eigenvalue weighted by Crippen LogP contribution is 2.40. The molecule has 7 nitrogen and oxygen atoms in total. The van der Waals surface area contributed by atoms with E-state index in [1.165, 1.54) is 12.1 Å². The Labute approximate surface area is 200 Å². The van der Waals surface area contributed by atoms with E-state index < -0.39 is 5.82 Å². The van der Waals surface area contributed by atoms with Crippen LogP contribution in [-0.2, 0) is 0 Å². The Hall–Kier alpha value is -3.52. The molecule has 0 bridgehead atoms. The van der Waals surface area contributed by atoms with Gasteiger partial charge in [-0.15, -0.1) is 0 Å². The molecule has 172 valence electrons. The summed E-state index contributed by atoms with van der Waals surface area (Å²) in [5.74, 6) is 1.47. The molecule has 3 heterocycles. The summed E-state index contributed by atoms with van der Waals surface area (Å²) < 4.78 is 15.4. The molecular weight excluding hydrogens is 455 g/mol. The van der Waals surface area contributed by atoms with Crippen LogP contribution >= 0.6 is 11.6 Å². The number of hydrogen-bond donors (Lipinski definition) is 0. The number of carbonyl (C=O) groups is 1. The van der Waals surface area contributed by atoms with Crippen LogP contribution in [0.2, 0.25) is 5.02 Å². The van der Waals surface area contributed by atoms with Gasteiger partial charge in [0.15, 0.2) is 5.65 Å². The van der Waals surface area contributed by atoms with E-state index in [1.807, 2.05) is 24.3 Å². The summed E-state index contributed by atoms with van der Waals surface area (Å²) in [4.78, 5) is 26.6. The molecule has 34 heavy (non-hydrogen) atoms. The van der Waals surface area contributed by atoms with Crippen LogP contribution in [0, 0.1) is 5.82 Å². The second kappa shape index (κ2) is 8.36. The number of halogens is 2. The molecule has 0 atom stereocenters. The average Bonchev–Trinajstić information content (AvgIpc) is 3.63. The van der Waals surface area contributed by atoms with Gasteiger partial charge < -0.3 is 9.80 Å². The highest BCUT2D eigenvalue weighted by molar-refractivity contribution is 6.32. The third-order valence-corrected chi connectivity index (χ3v) is 6.71. The first-order chi connectivity index (χ1) is 16.6. The summed E-state index contributed by atoms with van der Waals surface area (Å²) in [5.41, 5.74) is 1.88. The lowest BCUT2D eigenvalue weighted by Crippen LogP contribution is -2.49. The predicted octanol–water partition coefficient (Wildman–Crippen LogP) is 4.45. The fourth-order valence-corrected chi connectivity index (χ4v) is 4.62. The summed E-state index contributed by atoms with van der Waals surface area (Å²) in [6, 6.07) is 13.4. The van der Waals surface area contributed by atoms with Crippen molar-refractivity contribution in [2.75, 3.05) is 31.1 Å². The van der Waals surface area contributed by atoms with Gasteiger partial charge in [0.1, 0.15) is 17.5 Å². The quantitative estimate of drug-likeness (QED) is 0.435. The van der Waals surface area contributed by atoms with Gasteiger partial charge in [0, 0.05) is 37.7 Å². The monoisotopic (exact) mass is 476 g/mol. The maximum atomic E-state index is 13.6. The maximum absolute atomic E-state index is 13.6. The molecule has 0 N–H and O–H groups in total. The number of benzene rings is 2. The molecule has 6 rings (SSSR count). The van der Waals surface area contributed by atoms with E-state index in [-0.39, 0.29) is 5.91 Å². The van der Waals surface area contributed by atoms with Gasteiger partial charge in [-0.3, -0.25) is 4.79 Å². The molecule has 2 aromatic carbocycles. The molecular formula is C25H22ClFN6O. The van der Waals surface area contributed by atoms with E-state index in [0.717, 1.165) is 41.2 Å². The molecule has 2 fully saturated rings. The predicted molar refractivity (Wildman–Crippen MR) is 128 cm³/mol. The first-order valence-corrected chi connectivity index (χ1v) is 11.8. The normalized spacial score (nSPS) is 16.3. The highest BCUT2D eigenvalue weighted by atomic mass is 35.5. The Bertz CT molecular complexity index is 1390. The van der Waals surface area contributed by atoms with Gasteiger partial charge in [-0.1, -0.05) is 29.8 Å². The average molecular weight is 477 g/mol. The van der Waals surface area contributed by atoms with Gasteiger partial charge in [-0.05, 0) is 43.2 Å². The van der Waals surface area contributed by atoms with Crippen molar-refractivity contribution in [1.29, 1.82) is 0 Å². The molecule has 0 spiro atoms. The molecule has 1 saturated carbocycles. The number of fused-ring (bicyclic) bond motifs is 1. The van der Waals surface area contributed by atoms with Crippen LogP contribution in [0.25, 0.3) is 16.7 Å². The minimum atomic E-state index is -0.406. The summed E-state index contributed by atoms with van der Waals surface area (Å²) >= 11 is 6.45. The molecule has 1 aliphatic carbocycles. The summed E-state index contributed by atoms with van der Waals surface area (Å²) in [6.45, 7) is 2.29. The molecule has 1 amide bonds. The van der Waals surface area contributed by atoms with Crippen molar-refractivity contribution in [2.24, 2.45) is 0 Å². The number of nitrogens with zero attached hydrogens (tertiary/aromatic N) is 6. The van der Waals surface area contributed by atoms with Crippen LogP contribution in [-0.4, -0.2) is 56.7 Å². The molecule has 0 unspecified atom stereocenters. The maximum Gasteiger partial charge on any atom is 0.254 e. The minimum Gasteiger partial charge on any atom is -0.352 e. The number of carbonyl (C=O) groups excluding carboxylic acids is 1. The lowest BCUT2D eigenvalue weighted by molar-refractivity contribution is 0.0746. The Balaban J connectivity index is 1.31. The third-order valence-electron chi connectivity index (χ3n) is 6.39. The first-order valence-electron chi connectivity index (χ1n) is 11.4. The lowest BCUT2D eigenvalue weighted by Gasteiger charge is -2.35. The van der Waals surface area contributed by atoms with E-state index in [4.69, 9.17) is 21.6 Å². The van der Waals surface area contributed by atoms with Crippen molar-refractivity contribution < 1.29 is 9.18 Å².